The van der Waals surface area contributed by atoms with Crippen molar-refractivity contribution in [1.82, 2.24) is 0 Å². The van der Waals surface area contributed by atoms with Gasteiger partial charge in [0.05, 0.1) is 5.75 Å². The van der Waals surface area contributed by atoms with Crippen LogP contribution in [-0.2, 0) is 10.0 Å². The number of nitrogens with two attached hydrogens (primary N) is 1. The van der Waals surface area contributed by atoms with Crippen LogP contribution in [0.4, 0.5) is 0 Å². The normalized spacial score (nSPS) is 20.4. The minimum atomic E-state index is -3.22. The molecular weight excluding hydrogens is 186 g/mol. The Kier molecular flexibility index (Phi) is 4.19. The Bertz CT molecular complexity index is 230. The lowest BCUT2D eigenvalue weighted by molar-refractivity contribution is 0.337. The standard InChI is InChI=1S/C9H19NO2S/c10-13(11,12)8-4-7-9-5-2-1-3-6-9/h9H,1-8H2,(H2,10,11,12). The van der Waals surface area contributed by atoms with Gasteiger partial charge in [0.15, 0.2) is 0 Å². The first-order valence-electron chi connectivity index (χ1n) is 5.08. The predicted octanol–water partition coefficient (Wildman–Crippen LogP) is 1.64. The van der Waals surface area contributed by atoms with Gasteiger partial charge in [-0.2, -0.15) is 0 Å². The Morgan fingerprint density at radius 3 is 2.31 bits per heavy atom. The van der Waals surface area contributed by atoms with E-state index in [1.54, 1.807) is 0 Å². The Balaban J connectivity index is 2.11. The van der Waals surface area contributed by atoms with E-state index in [9.17, 15) is 8.42 Å². The van der Waals surface area contributed by atoms with E-state index >= 15 is 0 Å². The number of sulfonamides is 1. The molecule has 0 aromatic rings. The van der Waals surface area contributed by atoms with E-state index in [2.05, 4.69) is 0 Å². The minimum Gasteiger partial charge on any atom is -0.229 e. The fourth-order valence-corrected chi connectivity index (χ4v) is 2.62. The highest BCUT2D eigenvalue weighted by Gasteiger charge is 2.13. The van der Waals surface area contributed by atoms with E-state index < -0.39 is 10.0 Å². The van der Waals surface area contributed by atoms with Crippen molar-refractivity contribution >= 4 is 10.0 Å². The summed E-state index contributed by atoms with van der Waals surface area (Å²) in [6, 6.07) is 0. The molecule has 0 spiro atoms. The molecule has 0 heterocycles. The molecule has 13 heavy (non-hydrogen) atoms. The van der Waals surface area contributed by atoms with Crippen LogP contribution in [0.5, 0.6) is 0 Å². The summed E-state index contributed by atoms with van der Waals surface area (Å²) in [5.41, 5.74) is 0. The van der Waals surface area contributed by atoms with Gasteiger partial charge in [0.1, 0.15) is 0 Å². The van der Waals surface area contributed by atoms with Crippen molar-refractivity contribution in [3.63, 3.8) is 0 Å². The Morgan fingerprint density at radius 1 is 1.15 bits per heavy atom. The topological polar surface area (TPSA) is 60.2 Å². The third-order valence-electron chi connectivity index (χ3n) is 2.77. The van der Waals surface area contributed by atoms with E-state index in [1.807, 2.05) is 0 Å². The Labute approximate surface area is 80.8 Å². The van der Waals surface area contributed by atoms with E-state index in [0.29, 0.717) is 0 Å². The maximum Gasteiger partial charge on any atom is 0.209 e. The van der Waals surface area contributed by atoms with Crippen LogP contribution >= 0.6 is 0 Å². The lowest BCUT2D eigenvalue weighted by Crippen LogP contribution is -2.17. The molecule has 0 aliphatic heterocycles. The lowest BCUT2D eigenvalue weighted by Gasteiger charge is -2.20. The van der Waals surface area contributed by atoms with Gasteiger partial charge in [-0.1, -0.05) is 32.1 Å². The summed E-state index contributed by atoms with van der Waals surface area (Å²) in [5, 5.41) is 4.92. The molecule has 0 saturated heterocycles. The van der Waals surface area contributed by atoms with Crippen LogP contribution in [0.15, 0.2) is 0 Å². The van der Waals surface area contributed by atoms with E-state index in [4.69, 9.17) is 5.14 Å². The number of rotatable bonds is 4. The number of hydrogen-bond donors (Lipinski definition) is 1. The third kappa shape index (κ3) is 5.26. The van der Waals surface area contributed by atoms with Crippen molar-refractivity contribution in [3.05, 3.63) is 0 Å². The van der Waals surface area contributed by atoms with Crippen molar-refractivity contribution in [2.24, 2.45) is 11.1 Å². The summed E-state index contributed by atoms with van der Waals surface area (Å²) >= 11 is 0. The third-order valence-corrected chi connectivity index (χ3v) is 3.62. The molecule has 1 aliphatic rings. The average molecular weight is 205 g/mol. The van der Waals surface area contributed by atoms with Crippen LogP contribution in [0.25, 0.3) is 0 Å². The fourth-order valence-electron chi connectivity index (χ4n) is 2.05. The van der Waals surface area contributed by atoms with Crippen molar-refractivity contribution in [3.8, 4) is 0 Å². The summed E-state index contributed by atoms with van der Waals surface area (Å²) in [4.78, 5) is 0. The molecule has 3 nitrogen and oxygen atoms in total. The molecule has 1 aliphatic carbocycles. The zero-order valence-electron chi connectivity index (χ0n) is 8.04. The smallest absolute Gasteiger partial charge is 0.209 e. The maximum absolute atomic E-state index is 10.7. The van der Waals surface area contributed by atoms with Crippen molar-refractivity contribution in [2.75, 3.05) is 5.75 Å². The molecule has 0 aromatic heterocycles. The maximum atomic E-state index is 10.7. The second kappa shape index (κ2) is 4.96. The van der Waals surface area contributed by atoms with Gasteiger partial charge in [0.2, 0.25) is 10.0 Å². The molecule has 2 N–H and O–H groups in total. The molecule has 0 aromatic carbocycles. The zero-order chi connectivity index (χ0) is 9.73. The first kappa shape index (κ1) is 11.0. The van der Waals surface area contributed by atoms with Crippen LogP contribution in [0.1, 0.15) is 44.9 Å². The van der Waals surface area contributed by atoms with Crippen LogP contribution in [-0.4, -0.2) is 14.2 Å². The molecule has 1 fully saturated rings. The highest BCUT2D eigenvalue weighted by molar-refractivity contribution is 7.89. The Morgan fingerprint density at radius 2 is 1.77 bits per heavy atom. The summed E-state index contributed by atoms with van der Waals surface area (Å²) in [5.74, 6) is 0.916. The van der Waals surface area contributed by atoms with Crippen molar-refractivity contribution in [1.29, 1.82) is 0 Å². The van der Waals surface area contributed by atoms with E-state index in [0.717, 1.165) is 18.8 Å². The van der Waals surface area contributed by atoms with Crippen LogP contribution in [0.3, 0.4) is 0 Å². The van der Waals surface area contributed by atoms with Crippen LogP contribution in [0, 0.1) is 5.92 Å². The molecule has 0 unspecified atom stereocenters. The second-order valence-corrected chi connectivity index (χ2v) is 5.75. The van der Waals surface area contributed by atoms with E-state index in [1.165, 1.54) is 32.1 Å². The molecule has 1 rings (SSSR count). The first-order valence-corrected chi connectivity index (χ1v) is 6.80. The summed E-state index contributed by atoms with van der Waals surface area (Å²) < 4.78 is 21.3. The second-order valence-electron chi connectivity index (χ2n) is 4.01. The quantitative estimate of drug-likeness (QED) is 0.758. The first-order chi connectivity index (χ1) is 6.08. The summed E-state index contributed by atoms with van der Waals surface area (Å²) in [7, 11) is -3.22. The molecule has 78 valence electrons. The van der Waals surface area contributed by atoms with Gasteiger partial charge in [-0.05, 0) is 18.8 Å². The lowest BCUT2D eigenvalue weighted by atomic mass is 9.86. The highest BCUT2D eigenvalue weighted by atomic mass is 32.2. The molecule has 4 heteroatoms. The Hall–Kier alpha value is -0.0900. The largest absolute Gasteiger partial charge is 0.229 e. The number of primary sulfonamides is 1. The van der Waals surface area contributed by atoms with Crippen molar-refractivity contribution < 1.29 is 8.42 Å². The summed E-state index contributed by atoms with van der Waals surface area (Å²) in [6.07, 6.45) is 8.33. The van der Waals surface area contributed by atoms with Gasteiger partial charge >= 0.3 is 0 Å². The van der Waals surface area contributed by atoms with Crippen molar-refractivity contribution in [2.45, 2.75) is 44.9 Å². The molecule has 0 atom stereocenters. The molecular formula is C9H19NO2S. The SMILES string of the molecule is NS(=O)(=O)CCCC1CCCCC1. The van der Waals surface area contributed by atoms with Crippen LogP contribution < -0.4 is 5.14 Å². The average Bonchev–Trinajstić information content (AvgIpc) is 2.04. The summed E-state index contributed by atoms with van der Waals surface area (Å²) in [6.45, 7) is 0. The van der Waals surface area contributed by atoms with Gasteiger partial charge in [-0.25, -0.2) is 13.6 Å². The monoisotopic (exact) mass is 205 g/mol. The van der Waals surface area contributed by atoms with Gasteiger partial charge in [0, 0.05) is 0 Å². The molecule has 0 amide bonds. The zero-order valence-corrected chi connectivity index (χ0v) is 8.85. The van der Waals surface area contributed by atoms with Gasteiger partial charge in [-0.3, -0.25) is 0 Å². The van der Waals surface area contributed by atoms with Gasteiger partial charge in [-0.15, -0.1) is 0 Å². The molecule has 0 radical (unpaired) electrons. The molecule has 1 saturated carbocycles. The van der Waals surface area contributed by atoms with Gasteiger partial charge in [0.25, 0.3) is 0 Å². The fraction of sp³-hybridized carbons (Fsp3) is 1.00. The van der Waals surface area contributed by atoms with Crippen LogP contribution in [0.2, 0.25) is 0 Å². The highest BCUT2D eigenvalue weighted by Crippen LogP contribution is 2.27. The molecule has 0 bridgehead atoms. The number of hydrogen-bond acceptors (Lipinski definition) is 2. The predicted molar refractivity (Wildman–Crippen MR) is 53.8 cm³/mol. The minimum absolute atomic E-state index is 0.156. The van der Waals surface area contributed by atoms with Gasteiger partial charge < -0.3 is 0 Å². The van der Waals surface area contributed by atoms with E-state index in [-0.39, 0.29) is 5.75 Å².